The molecule has 7 nitrogen and oxygen atoms in total. The second-order valence-corrected chi connectivity index (χ2v) is 9.34. The number of carbonyl (C=O) groups is 2. The van der Waals surface area contributed by atoms with Crippen LogP contribution in [0.25, 0.3) is 11.1 Å². The lowest BCUT2D eigenvalue weighted by molar-refractivity contribution is -0.259. The number of fused-ring (bicyclic) bond motifs is 3. The fourth-order valence-corrected chi connectivity index (χ4v) is 4.95. The minimum atomic E-state index is -1.07. The molecular formula is C27H33NO6. The van der Waals surface area contributed by atoms with E-state index in [-0.39, 0.29) is 18.4 Å². The number of hydrogen-bond acceptors (Lipinski definition) is 5. The first-order chi connectivity index (χ1) is 16.4. The van der Waals surface area contributed by atoms with Crippen molar-refractivity contribution >= 4 is 12.1 Å². The summed E-state index contributed by atoms with van der Waals surface area (Å²) in [5, 5.41) is 12.3. The number of carboxylic acid groups (broad SMARTS) is 1. The first-order valence-corrected chi connectivity index (χ1v) is 12.0. The molecule has 1 fully saturated rings. The summed E-state index contributed by atoms with van der Waals surface area (Å²) < 4.78 is 17.0. The van der Waals surface area contributed by atoms with Crippen molar-refractivity contribution in [2.45, 2.75) is 57.3 Å². The molecule has 1 heterocycles. The molecule has 7 heteroatoms. The van der Waals surface area contributed by atoms with Crippen LogP contribution in [-0.2, 0) is 19.0 Å². The third-order valence-electron chi connectivity index (χ3n) is 6.85. The van der Waals surface area contributed by atoms with Crippen molar-refractivity contribution in [2.24, 2.45) is 5.92 Å². The summed E-state index contributed by atoms with van der Waals surface area (Å²) in [7, 11) is 0. The smallest absolute Gasteiger partial charge is 0.407 e. The van der Waals surface area contributed by atoms with E-state index in [0.29, 0.717) is 26.1 Å². The van der Waals surface area contributed by atoms with Crippen LogP contribution >= 0.6 is 0 Å². The highest BCUT2D eigenvalue weighted by molar-refractivity contribution is 5.81. The van der Waals surface area contributed by atoms with Gasteiger partial charge < -0.3 is 24.6 Å². The average Bonchev–Trinajstić information content (AvgIpc) is 3.15. The molecule has 1 aliphatic heterocycles. The molecule has 0 spiro atoms. The van der Waals surface area contributed by atoms with Crippen molar-refractivity contribution < 1.29 is 28.9 Å². The molecule has 0 saturated carbocycles. The van der Waals surface area contributed by atoms with Gasteiger partial charge in [0.25, 0.3) is 0 Å². The van der Waals surface area contributed by atoms with Crippen LogP contribution in [0, 0.1) is 5.92 Å². The molecule has 1 unspecified atom stereocenters. The lowest BCUT2D eigenvalue weighted by atomic mass is 9.94. The van der Waals surface area contributed by atoms with Crippen molar-refractivity contribution in [1.29, 1.82) is 0 Å². The maximum Gasteiger partial charge on any atom is 0.407 e. The Morgan fingerprint density at radius 1 is 1.09 bits per heavy atom. The largest absolute Gasteiger partial charge is 0.480 e. The number of rotatable bonds is 9. The maximum atomic E-state index is 12.6. The number of carbonyl (C=O) groups excluding carboxylic acids is 1. The number of amides is 1. The molecular weight excluding hydrogens is 434 g/mol. The molecule has 2 N–H and O–H groups in total. The summed E-state index contributed by atoms with van der Waals surface area (Å²) >= 11 is 0. The SMILES string of the molecule is CC(CCCC1(C)OCCCO1)[C@H](NC(=O)OCC1c2ccccc2-c2ccccc21)C(=O)O. The fourth-order valence-electron chi connectivity index (χ4n) is 4.95. The predicted octanol–water partition coefficient (Wildman–Crippen LogP) is 4.94. The van der Waals surface area contributed by atoms with Gasteiger partial charge in [-0.05, 0) is 54.4 Å². The van der Waals surface area contributed by atoms with Gasteiger partial charge in [0.05, 0.1) is 13.2 Å². The van der Waals surface area contributed by atoms with Gasteiger partial charge in [-0.25, -0.2) is 9.59 Å². The zero-order valence-electron chi connectivity index (χ0n) is 19.8. The van der Waals surface area contributed by atoms with Gasteiger partial charge >= 0.3 is 12.1 Å². The minimum absolute atomic E-state index is 0.0740. The van der Waals surface area contributed by atoms with Gasteiger partial charge in [-0.3, -0.25) is 0 Å². The highest BCUT2D eigenvalue weighted by atomic mass is 16.7. The molecule has 2 atom stereocenters. The topological polar surface area (TPSA) is 94.1 Å². The highest BCUT2D eigenvalue weighted by Gasteiger charge is 2.32. The Balaban J connectivity index is 1.31. The van der Waals surface area contributed by atoms with Gasteiger partial charge in [-0.1, -0.05) is 55.5 Å². The van der Waals surface area contributed by atoms with E-state index in [2.05, 4.69) is 17.4 Å². The second-order valence-electron chi connectivity index (χ2n) is 9.34. The molecule has 0 bridgehead atoms. The first kappa shape index (κ1) is 24.2. The van der Waals surface area contributed by atoms with Crippen LogP contribution in [0.5, 0.6) is 0 Å². The molecule has 2 aromatic carbocycles. The average molecular weight is 468 g/mol. The van der Waals surface area contributed by atoms with Crippen LogP contribution in [0.1, 0.15) is 56.6 Å². The van der Waals surface area contributed by atoms with Gasteiger partial charge in [0.1, 0.15) is 12.6 Å². The van der Waals surface area contributed by atoms with E-state index < -0.39 is 23.9 Å². The Kier molecular flexibility index (Phi) is 7.54. The van der Waals surface area contributed by atoms with E-state index in [1.54, 1.807) is 0 Å². The van der Waals surface area contributed by atoms with Crippen LogP contribution < -0.4 is 5.32 Å². The summed E-state index contributed by atoms with van der Waals surface area (Å²) in [6, 6.07) is 15.1. The number of nitrogens with one attached hydrogen (secondary N) is 1. The zero-order chi connectivity index (χ0) is 24.1. The van der Waals surface area contributed by atoms with Crippen LogP contribution in [0.3, 0.4) is 0 Å². The third-order valence-corrected chi connectivity index (χ3v) is 6.85. The van der Waals surface area contributed by atoms with Crippen molar-refractivity contribution in [3.63, 3.8) is 0 Å². The van der Waals surface area contributed by atoms with Gasteiger partial charge in [-0.2, -0.15) is 0 Å². The molecule has 1 aliphatic carbocycles. The summed E-state index contributed by atoms with van der Waals surface area (Å²) in [4.78, 5) is 24.5. The molecule has 182 valence electrons. The summed E-state index contributed by atoms with van der Waals surface area (Å²) in [6.07, 6.45) is 2.19. The van der Waals surface area contributed by atoms with Crippen LogP contribution in [0.4, 0.5) is 4.79 Å². The Labute approximate surface area is 200 Å². The number of alkyl carbamates (subject to hydrolysis) is 1. The van der Waals surface area contributed by atoms with Crippen molar-refractivity contribution in [3.05, 3.63) is 59.7 Å². The molecule has 4 rings (SSSR count). The molecule has 2 aromatic rings. The first-order valence-electron chi connectivity index (χ1n) is 12.0. The molecule has 0 radical (unpaired) electrons. The van der Waals surface area contributed by atoms with Crippen molar-refractivity contribution in [3.8, 4) is 11.1 Å². The lowest BCUT2D eigenvalue weighted by Crippen LogP contribution is -2.45. The number of ether oxygens (including phenoxy) is 3. The van der Waals surface area contributed by atoms with Gasteiger partial charge in [0.2, 0.25) is 0 Å². The van der Waals surface area contributed by atoms with Gasteiger partial charge in [0, 0.05) is 12.3 Å². The molecule has 1 amide bonds. The second kappa shape index (κ2) is 10.6. The number of carboxylic acids is 1. The minimum Gasteiger partial charge on any atom is -0.480 e. The van der Waals surface area contributed by atoms with Crippen molar-refractivity contribution in [2.75, 3.05) is 19.8 Å². The number of aliphatic carboxylic acids is 1. The highest BCUT2D eigenvalue weighted by Crippen LogP contribution is 2.44. The number of hydrogen-bond donors (Lipinski definition) is 2. The number of benzene rings is 2. The van der Waals surface area contributed by atoms with E-state index in [0.717, 1.165) is 35.1 Å². The molecule has 1 saturated heterocycles. The molecule has 2 aliphatic rings. The van der Waals surface area contributed by atoms with E-state index >= 15 is 0 Å². The van der Waals surface area contributed by atoms with Crippen LogP contribution in [0.15, 0.2) is 48.5 Å². The van der Waals surface area contributed by atoms with E-state index in [4.69, 9.17) is 14.2 Å². The quantitative estimate of drug-likeness (QED) is 0.543. The van der Waals surface area contributed by atoms with Crippen molar-refractivity contribution in [1.82, 2.24) is 5.32 Å². The third kappa shape index (κ3) is 5.42. The monoisotopic (exact) mass is 467 g/mol. The normalized spacial score (nSPS) is 18.4. The fraction of sp³-hybridized carbons (Fsp3) is 0.481. The molecule has 34 heavy (non-hydrogen) atoms. The van der Waals surface area contributed by atoms with Crippen LogP contribution in [0.2, 0.25) is 0 Å². The van der Waals surface area contributed by atoms with Gasteiger partial charge in [0.15, 0.2) is 5.79 Å². The standard InChI is InChI=1S/C27H33NO6/c1-18(9-7-14-27(2)33-15-8-16-34-27)24(25(29)30)28-26(31)32-17-23-21-12-5-3-10-19(21)20-11-4-6-13-22(20)23/h3-6,10-13,18,23-24H,7-9,14-17H2,1-2H3,(H,28,31)(H,29,30)/t18?,24-/m0/s1. The lowest BCUT2D eigenvalue weighted by Gasteiger charge is -2.34. The van der Waals surface area contributed by atoms with Crippen LogP contribution in [-0.4, -0.2) is 48.8 Å². The molecule has 0 aromatic heterocycles. The van der Waals surface area contributed by atoms with E-state index in [1.165, 1.54) is 0 Å². The van der Waals surface area contributed by atoms with E-state index in [9.17, 15) is 14.7 Å². The maximum absolute atomic E-state index is 12.6. The summed E-state index contributed by atoms with van der Waals surface area (Å²) in [5.74, 6) is -2.03. The van der Waals surface area contributed by atoms with E-state index in [1.807, 2.05) is 50.2 Å². The summed E-state index contributed by atoms with van der Waals surface area (Å²) in [6.45, 7) is 5.24. The van der Waals surface area contributed by atoms with Gasteiger partial charge in [-0.15, -0.1) is 0 Å². The Morgan fingerprint density at radius 2 is 1.68 bits per heavy atom. The zero-order valence-corrected chi connectivity index (χ0v) is 19.8. The summed E-state index contributed by atoms with van der Waals surface area (Å²) in [5.41, 5.74) is 4.51. The Morgan fingerprint density at radius 3 is 2.26 bits per heavy atom. The Hall–Kier alpha value is -2.90. The predicted molar refractivity (Wildman–Crippen MR) is 128 cm³/mol. The Bertz CT molecular complexity index is 970.